The van der Waals surface area contributed by atoms with Crippen molar-refractivity contribution in [3.05, 3.63) is 36.2 Å². The van der Waals surface area contributed by atoms with E-state index in [9.17, 15) is 5.11 Å². The highest BCUT2D eigenvalue weighted by molar-refractivity contribution is 5.53. The lowest BCUT2D eigenvalue weighted by Crippen LogP contribution is -2.14. The largest absolute Gasteiger partial charge is 0.392 e. The number of benzene rings is 1. The van der Waals surface area contributed by atoms with Crippen molar-refractivity contribution < 1.29 is 9.63 Å². The maximum atomic E-state index is 9.73. The van der Waals surface area contributed by atoms with Gasteiger partial charge in [-0.2, -0.15) is 4.98 Å². The lowest BCUT2D eigenvalue weighted by Gasteiger charge is -2.11. The third-order valence-electron chi connectivity index (χ3n) is 2.86. The summed E-state index contributed by atoms with van der Waals surface area (Å²) >= 11 is 0. The van der Waals surface area contributed by atoms with Gasteiger partial charge in [0.15, 0.2) is 0 Å². The van der Waals surface area contributed by atoms with E-state index in [-0.39, 0.29) is 5.92 Å². The van der Waals surface area contributed by atoms with Crippen LogP contribution in [0.4, 0.5) is 0 Å². The number of aliphatic hydroxyl groups excluding tert-OH is 1. The molecule has 2 unspecified atom stereocenters. The van der Waals surface area contributed by atoms with E-state index in [1.807, 2.05) is 44.2 Å². The van der Waals surface area contributed by atoms with E-state index in [0.717, 1.165) is 5.56 Å². The molecule has 90 valence electrons. The molecule has 0 aliphatic rings. The Morgan fingerprint density at radius 3 is 2.65 bits per heavy atom. The van der Waals surface area contributed by atoms with Crippen LogP contribution in [0, 0.1) is 0 Å². The minimum Gasteiger partial charge on any atom is -0.392 e. The number of aliphatic hydroxyl groups is 1. The van der Waals surface area contributed by atoms with Gasteiger partial charge in [0.2, 0.25) is 11.7 Å². The summed E-state index contributed by atoms with van der Waals surface area (Å²) in [5.41, 5.74) is 0.917. The van der Waals surface area contributed by atoms with Crippen LogP contribution >= 0.6 is 0 Å². The predicted molar refractivity (Wildman–Crippen MR) is 64.4 cm³/mol. The Balaban J connectivity index is 2.22. The van der Waals surface area contributed by atoms with Gasteiger partial charge in [0.25, 0.3) is 0 Å². The SMILES string of the molecule is CCC(O)C(C)c1nc(-c2ccccc2)no1. The lowest BCUT2D eigenvalue weighted by atomic mass is 10.0. The zero-order valence-electron chi connectivity index (χ0n) is 10.00. The summed E-state index contributed by atoms with van der Waals surface area (Å²) in [4.78, 5) is 4.31. The summed E-state index contributed by atoms with van der Waals surface area (Å²) in [5.74, 6) is 0.916. The smallest absolute Gasteiger partial charge is 0.232 e. The van der Waals surface area contributed by atoms with Crippen LogP contribution in [0.2, 0.25) is 0 Å². The molecule has 0 amide bonds. The summed E-state index contributed by atoms with van der Waals surface area (Å²) in [6.07, 6.45) is 0.226. The van der Waals surface area contributed by atoms with Crippen molar-refractivity contribution in [2.24, 2.45) is 0 Å². The Kier molecular flexibility index (Phi) is 3.54. The van der Waals surface area contributed by atoms with Crippen molar-refractivity contribution in [3.63, 3.8) is 0 Å². The van der Waals surface area contributed by atoms with Gasteiger partial charge in [0.1, 0.15) is 0 Å². The molecule has 2 atom stereocenters. The van der Waals surface area contributed by atoms with Crippen LogP contribution in [0.25, 0.3) is 11.4 Å². The van der Waals surface area contributed by atoms with Crippen LogP contribution in [-0.4, -0.2) is 21.4 Å². The van der Waals surface area contributed by atoms with Gasteiger partial charge in [-0.15, -0.1) is 0 Å². The molecule has 1 aromatic heterocycles. The van der Waals surface area contributed by atoms with E-state index in [4.69, 9.17) is 4.52 Å². The molecule has 0 saturated carbocycles. The maximum Gasteiger partial charge on any atom is 0.232 e. The maximum absolute atomic E-state index is 9.73. The van der Waals surface area contributed by atoms with E-state index in [1.54, 1.807) is 0 Å². The fourth-order valence-corrected chi connectivity index (χ4v) is 1.64. The first-order chi connectivity index (χ1) is 8.22. The molecular weight excluding hydrogens is 216 g/mol. The molecule has 4 heteroatoms. The number of rotatable bonds is 4. The van der Waals surface area contributed by atoms with Gasteiger partial charge in [0.05, 0.1) is 12.0 Å². The third kappa shape index (κ3) is 2.53. The van der Waals surface area contributed by atoms with Gasteiger partial charge < -0.3 is 9.63 Å². The van der Waals surface area contributed by atoms with Crippen molar-refractivity contribution in [2.75, 3.05) is 0 Å². The van der Waals surface area contributed by atoms with Crippen molar-refractivity contribution >= 4 is 0 Å². The molecule has 0 fully saturated rings. The standard InChI is InChI=1S/C13H16N2O2/c1-3-11(16)9(2)13-14-12(15-17-13)10-7-5-4-6-8-10/h4-9,11,16H,3H2,1-2H3. The summed E-state index contributed by atoms with van der Waals surface area (Å²) in [7, 11) is 0. The molecule has 2 rings (SSSR count). The highest BCUT2D eigenvalue weighted by Gasteiger charge is 2.21. The van der Waals surface area contributed by atoms with E-state index < -0.39 is 6.10 Å². The first-order valence-electron chi connectivity index (χ1n) is 5.79. The molecular formula is C13H16N2O2. The number of hydrogen-bond donors (Lipinski definition) is 1. The Bertz CT molecular complexity index is 467. The summed E-state index contributed by atoms with van der Waals surface area (Å²) < 4.78 is 5.18. The average Bonchev–Trinajstić information content (AvgIpc) is 2.87. The van der Waals surface area contributed by atoms with Gasteiger partial charge in [-0.05, 0) is 6.42 Å². The van der Waals surface area contributed by atoms with E-state index >= 15 is 0 Å². The Morgan fingerprint density at radius 1 is 1.29 bits per heavy atom. The fourth-order valence-electron chi connectivity index (χ4n) is 1.64. The Labute approximate surface area is 100 Å². The third-order valence-corrected chi connectivity index (χ3v) is 2.86. The summed E-state index contributed by atoms with van der Waals surface area (Å²) in [5, 5.41) is 13.7. The Hall–Kier alpha value is -1.68. The van der Waals surface area contributed by atoms with E-state index in [0.29, 0.717) is 18.1 Å². The van der Waals surface area contributed by atoms with Crippen LogP contribution in [0.3, 0.4) is 0 Å². The second kappa shape index (κ2) is 5.10. The van der Waals surface area contributed by atoms with Crippen molar-refractivity contribution in [1.29, 1.82) is 0 Å². The van der Waals surface area contributed by atoms with Crippen LogP contribution in [-0.2, 0) is 0 Å². The lowest BCUT2D eigenvalue weighted by molar-refractivity contribution is 0.129. The average molecular weight is 232 g/mol. The van der Waals surface area contributed by atoms with Gasteiger partial charge in [0, 0.05) is 5.56 Å². The topological polar surface area (TPSA) is 59.2 Å². The van der Waals surface area contributed by atoms with Gasteiger partial charge in [-0.3, -0.25) is 0 Å². The minimum atomic E-state index is -0.445. The second-order valence-corrected chi connectivity index (χ2v) is 4.09. The van der Waals surface area contributed by atoms with Crippen molar-refractivity contribution in [3.8, 4) is 11.4 Å². The van der Waals surface area contributed by atoms with E-state index in [1.165, 1.54) is 0 Å². The predicted octanol–water partition coefficient (Wildman–Crippen LogP) is 2.61. The van der Waals surface area contributed by atoms with Gasteiger partial charge >= 0.3 is 0 Å². The zero-order valence-corrected chi connectivity index (χ0v) is 10.00. The van der Waals surface area contributed by atoms with Crippen molar-refractivity contribution in [2.45, 2.75) is 32.3 Å². The molecule has 1 N–H and O–H groups in total. The number of nitrogens with zero attached hydrogens (tertiary/aromatic N) is 2. The van der Waals surface area contributed by atoms with Crippen molar-refractivity contribution in [1.82, 2.24) is 10.1 Å². The first-order valence-corrected chi connectivity index (χ1v) is 5.79. The number of hydrogen-bond acceptors (Lipinski definition) is 4. The Morgan fingerprint density at radius 2 is 2.00 bits per heavy atom. The molecule has 0 spiro atoms. The molecule has 0 aliphatic carbocycles. The number of aromatic nitrogens is 2. The second-order valence-electron chi connectivity index (χ2n) is 4.09. The zero-order chi connectivity index (χ0) is 12.3. The first kappa shape index (κ1) is 11.8. The molecule has 0 bridgehead atoms. The molecule has 1 heterocycles. The van der Waals surface area contributed by atoms with Crippen LogP contribution in [0.5, 0.6) is 0 Å². The van der Waals surface area contributed by atoms with Gasteiger partial charge in [-0.25, -0.2) is 0 Å². The molecule has 0 radical (unpaired) electrons. The molecule has 0 saturated heterocycles. The van der Waals surface area contributed by atoms with Crippen LogP contribution in [0.15, 0.2) is 34.9 Å². The summed E-state index contributed by atoms with van der Waals surface area (Å²) in [6.45, 7) is 3.81. The normalized spacial score (nSPS) is 14.5. The van der Waals surface area contributed by atoms with Gasteiger partial charge in [-0.1, -0.05) is 49.3 Å². The molecule has 0 aliphatic heterocycles. The highest BCUT2D eigenvalue weighted by atomic mass is 16.5. The monoisotopic (exact) mass is 232 g/mol. The fraction of sp³-hybridized carbons (Fsp3) is 0.385. The van der Waals surface area contributed by atoms with Crippen LogP contribution in [0.1, 0.15) is 32.1 Å². The summed E-state index contributed by atoms with van der Waals surface area (Å²) in [6, 6.07) is 9.64. The van der Waals surface area contributed by atoms with E-state index in [2.05, 4.69) is 10.1 Å². The molecule has 17 heavy (non-hydrogen) atoms. The van der Waals surface area contributed by atoms with Crippen LogP contribution < -0.4 is 0 Å². The molecule has 1 aromatic carbocycles. The quantitative estimate of drug-likeness (QED) is 0.880. The molecule has 2 aromatic rings. The highest BCUT2D eigenvalue weighted by Crippen LogP contribution is 2.22. The molecule has 4 nitrogen and oxygen atoms in total. The minimum absolute atomic E-state index is 0.134.